The number of aromatic nitrogens is 3. The van der Waals surface area contributed by atoms with Crippen LogP contribution >= 0.6 is 12.6 Å². The zero-order valence-corrected chi connectivity index (χ0v) is 16.6. The average molecular weight is 406 g/mol. The van der Waals surface area contributed by atoms with Crippen molar-refractivity contribution in [3.63, 3.8) is 0 Å². The Morgan fingerprint density at radius 1 is 1.03 bits per heavy atom. The number of nitrogens with zero attached hydrogens (tertiary/aromatic N) is 4. The summed E-state index contributed by atoms with van der Waals surface area (Å²) in [5, 5.41) is 30.0. The molecular formula is C21H18N4O3S. The van der Waals surface area contributed by atoms with Gasteiger partial charge in [0.1, 0.15) is 27.9 Å². The van der Waals surface area contributed by atoms with E-state index in [-0.39, 0.29) is 17.4 Å². The summed E-state index contributed by atoms with van der Waals surface area (Å²) in [4.78, 5) is 14.1. The van der Waals surface area contributed by atoms with Crippen LogP contribution in [-0.2, 0) is 0 Å². The third-order valence-corrected chi connectivity index (χ3v) is 4.96. The van der Waals surface area contributed by atoms with Gasteiger partial charge in [0.05, 0.1) is 0 Å². The van der Waals surface area contributed by atoms with E-state index in [0.29, 0.717) is 22.0 Å². The molecule has 146 valence electrons. The summed E-state index contributed by atoms with van der Waals surface area (Å²) in [5.41, 5.74) is 2.26. The zero-order valence-electron chi connectivity index (χ0n) is 15.7. The number of rotatable bonds is 3. The van der Waals surface area contributed by atoms with Gasteiger partial charge in [0.2, 0.25) is 0 Å². The van der Waals surface area contributed by atoms with Crippen LogP contribution in [0.2, 0.25) is 0 Å². The van der Waals surface area contributed by atoms with Crippen molar-refractivity contribution in [1.29, 1.82) is 0 Å². The van der Waals surface area contributed by atoms with E-state index in [2.05, 4.69) is 22.9 Å². The second-order valence-electron chi connectivity index (χ2n) is 6.75. The van der Waals surface area contributed by atoms with Crippen molar-refractivity contribution in [3.05, 3.63) is 60.2 Å². The molecule has 0 aliphatic rings. The summed E-state index contributed by atoms with van der Waals surface area (Å²) in [6.45, 7) is 0. The Morgan fingerprint density at radius 3 is 2.45 bits per heavy atom. The first-order valence-electron chi connectivity index (χ1n) is 8.79. The Labute approximate surface area is 172 Å². The Kier molecular flexibility index (Phi) is 4.63. The monoisotopic (exact) mass is 406 g/mol. The maximum atomic E-state index is 12.6. The lowest BCUT2D eigenvalue weighted by Crippen LogP contribution is -2.21. The highest BCUT2D eigenvalue weighted by molar-refractivity contribution is 7.80. The van der Waals surface area contributed by atoms with Crippen molar-refractivity contribution >= 4 is 29.3 Å². The fourth-order valence-corrected chi connectivity index (χ4v) is 3.56. The highest BCUT2D eigenvalue weighted by Gasteiger charge is 2.21. The van der Waals surface area contributed by atoms with Crippen LogP contribution in [0.5, 0.6) is 11.5 Å². The quantitative estimate of drug-likeness (QED) is 0.453. The van der Waals surface area contributed by atoms with Crippen LogP contribution in [0, 0.1) is 0 Å². The average Bonchev–Trinajstić information content (AvgIpc) is 3.07. The van der Waals surface area contributed by atoms with E-state index in [0.717, 1.165) is 16.3 Å². The summed E-state index contributed by atoms with van der Waals surface area (Å²) in [7, 11) is 3.42. The molecule has 7 nitrogen and oxygen atoms in total. The number of hydrogen-bond acceptors (Lipinski definition) is 6. The molecule has 0 bridgehead atoms. The van der Waals surface area contributed by atoms with Gasteiger partial charge >= 0.3 is 0 Å². The minimum Gasteiger partial charge on any atom is -0.508 e. The van der Waals surface area contributed by atoms with Crippen molar-refractivity contribution in [3.8, 4) is 28.4 Å². The number of amides is 1. The highest BCUT2D eigenvalue weighted by atomic mass is 32.1. The summed E-state index contributed by atoms with van der Waals surface area (Å²) >= 11 is 4.46. The van der Waals surface area contributed by atoms with Gasteiger partial charge < -0.3 is 15.1 Å². The molecule has 0 saturated heterocycles. The van der Waals surface area contributed by atoms with Crippen molar-refractivity contribution in [1.82, 2.24) is 19.9 Å². The lowest BCUT2D eigenvalue weighted by Gasteiger charge is -2.15. The third kappa shape index (κ3) is 3.17. The molecule has 0 fully saturated rings. The van der Waals surface area contributed by atoms with Crippen molar-refractivity contribution in [2.75, 3.05) is 14.1 Å². The van der Waals surface area contributed by atoms with Gasteiger partial charge in [0, 0.05) is 31.3 Å². The van der Waals surface area contributed by atoms with Gasteiger partial charge in [-0.3, -0.25) is 4.79 Å². The van der Waals surface area contributed by atoms with Gasteiger partial charge in [-0.05, 0) is 29.0 Å². The number of benzene rings is 3. The maximum absolute atomic E-state index is 12.6. The van der Waals surface area contributed by atoms with Gasteiger partial charge in [-0.2, -0.15) is 0 Å². The maximum Gasteiger partial charge on any atom is 0.253 e. The van der Waals surface area contributed by atoms with Crippen LogP contribution < -0.4 is 0 Å². The second-order valence-corrected chi connectivity index (χ2v) is 7.18. The molecule has 0 spiro atoms. The summed E-state index contributed by atoms with van der Waals surface area (Å²) in [5.74, 6) is -0.300. The molecule has 0 atom stereocenters. The van der Waals surface area contributed by atoms with E-state index in [1.807, 2.05) is 30.3 Å². The zero-order chi connectivity index (χ0) is 20.7. The first-order valence-corrected chi connectivity index (χ1v) is 9.24. The van der Waals surface area contributed by atoms with Gasteiger partial charge in [-0.25, -0.2) is 4.68 Å². The largest absolute Gasteiger partial charge is 0.508 e. The molecule has 0 aliphatic heterocycles. The van der Waals surface area contributed by atoms with Crippen molar-refractivity contribution in [2.45, 2.75) is 5.03 Å². The minimum atomic E-state index is -0.145. The fourth-order valence-electron chi connectivity index (χ4n) is 3.30. The second kappa shape index (κ2) is 7.14. The number of aromatic hydroxyl groups is 2. The molecule has 0 unspecified atom stereocenters. The smallest absolute Gasteiger partial charge is 0.253 e. The molecule has 3 aromatic carbocycles. The van der Waals surface area contributed by atoms with Gasteiger partial charge in [0.25, 0.3) is 5.91 Å². The fraction of sp³-hybridized carbons (Fsp3) is 0.0952. The topological polar surface area (TPSA) is 91.5 Å². The molecule has 1 heterocycles. The van der Waals surface area contributed by atoms with Crippen molar-refractivity contribution < 1.29 is 15.0 Å². The molecule has 0 saturated carbocycles. The number of phenols is 2. The normalized spacial score (nSPS) is 11.0. The van der Waals surface area contributed by atoms with E-state index in [9.17, 15) is 15.0 Å². The van der Waals surface area contributed by atoms with E-state index in [1.165, 1.54) is 21.7 Å². The number of carbonyl (C=O) groups excluding carboxylic acids is 1. The van der Waals surface area contributed by atoms with E-state index >= 15 is 0 Å². The van der Waals surface area contributed by atoms with Crippen LogP contribution in [0.1, 0.15) is 10.4 Å². The molecule has 29 heavy (non-hydrogen) atoms. The Bertz CT molecular complexity index is 1250. The van der Waals surface area contributed by atoms with E-state index in [1.54, 1.807) is 26.2 Å². The van der Waals surface area contributed by atoms with Crippen LogP contribution in [0.15, 0.2) is 59.6 Å². The number of thiol groups is 1. The molecule has 1 amide bonds. The number of phenolic OH excluding ortho intramolecular Hbond substituents is 2. The SMILES string of the molecule is CN(C)C(=O)c1ccc(-c2c(S)nnn2-c2ccc(O)cc2O)c2ccccc12. The van der Waals surface area contributed by atoms with Gasteiger partial charge in [-0.15, -0.1) is 17.7 Å². The molecular weight excluding hydrogens is 388 g/mol. The van der Waals surface area contributed by atoms with Crippen LogP contribution in [0.3, 0.4) is 0 Å². The number of fused-ring (bicyclic) bond motifs is 1. The standard InChI is InChI=1S/C21H18N4O3S/c1-24(2)21(28)16-9-8-15(13-5-3-4-6-14(13)16)19-20(29)22-23-25(19)17-10-7-12(26)11-18(17)27/h3-11,26-27,29H,1-2H3. The predicted molar refractivity (Wildman–Crippen MR) is 113 cm³/mol. The summed E-state index contributed by atoms with van der Waals surface area (Å²) in [6, 6.07) is 15.4. The van der Waals surface area contributed by atoms with E-state index in [4.69, 9.17) is 0 Å². The van der Waals surface area contributed by atoms with Crippen molar-refractivity contribution in [2.24, 2.45) is 0 Å². The highest BCUT2D eigenvalue weighted by Crippen LogP contribution is 2.37. The molecule has 2 N–H and O–H groups in total. The molecule has 0 aliphatic carbocycles. The summed E-state index contributed by atoms with van der Waals surface area (Å²) in [6.07, 6.45) is 0. The Balaban J connectivity index is 1.99. The molecule has 8 heteroatoms. The van der Waals surface area contributed by atoms with Crippen LogP contribution in [0.25, 0.3) is 27.7 Å². The van der Waals surface area contributed by atoms with Gasteiger partial charge in [0.15, 0.2) is 0 Å². The molecule has 0 radical (unpaired) electrons. The van der Waals surface area contributed by atoms with E-state index < -0.39 is 0 Å². The number of hydrogen-bond donors (Lipinski definition) is 3. The molecule has 4 rings (SSSR count). The Hall–Kier alpha value is -3.52. The summed E-state index contributed by atoms with van der Waals surface area (Å²) < 4.78 is 1.46. The predicted octanol–water partition coefficient (Wildman–Crippen LogP) is 3.49. The molecule has 4 aromatic rings. The minimum absolute atomic E-state index is 0.0592. The first kappa shape index (κ1) is 18.8. The van der Waals surface area contributed by atoms with Crippen LogP contribution in [-0.4, -0.2) is 50.1 Å². The lowest BCUT2D eigenvalue weighted by molar-refractivity contribution is 0.0829. The third-order valence-electron chi connectivity index (χ3n) is 4.66. The Morgan fingerprint density at radius 2 is 1.76 bits per heavy atom. The molecule has 1 aromatic heterocycles. The van der Waals surface area contributed by atoms with Gasteiger partial charge in [-0.1, -0.05) is 35.5 Å². The lowest BCUT2D eigenvalue weighted by atomic mass is 9.97. The first-order chi connectivity index (χ1) is 13.9. The van der Waals surface area contributed by atoms with Crippen LogP contribution in [0.4, 0.5) is 0 Å². The number of carbonyl (C=O) groups is 1.